The Morgan fingerprint density at radius 3 is 2.16 bits per heavy atom. The summed E-state index contributed by atoms with van der Waals surface area (Å²) in [5, 5.41) is 0. The SMILES string of the molecule is CCN(C)C(=O)C1CN(C(=O)Cc2ccccc2)CC1c1cc(OC)c(OC)c(OC)c1. The Bertz CT molecular complexity index is 922. The number of hydrogen-bond donors (Lipinski definition) is 0. The standard InChI is InChI=1S/C25H32N2O5/c1-6-26(2)25(29)20-16-27(23(28)12-17-10-8-7-9-11-17)15-19(20)18-13-21(30-3)24(32-5)22(14-18)31-4/h7-11,13-14,19-20H,6,12,15-16H2,1-5H3. The van der Waals surface area contributed by atoms with E-state index in [1.807, 2.05) is 49.4 Å². The molecule has 2 aromatic rings. The second kappa shape index (κ2) is 10.4. The first-order chi connectivity index (χ1) is 15.4. The maximum atomic E-state index is 13.2. The molecule has 1 aliphatic rings. The summed E-state index contributed by atoms with van der Waals surface area (Å²) >= 11 is 0. The predicted octanol–water partition coefficient (Wildman–Crippen LogP) is 2.98. The molecule has 0 spiro atoms. The molecule has 0 N–H and O–H groups in total. The molecule has 3 rings (SSSR count). The van der Waals surface area contributed by atoms with Crippen LogP contribution in [0.25, 0.3) is 0 Å². The number of methoxy groups -OCH3 is 3. The number of ether oxygens (including phenoxy) is 3. The lowest BCUT2D eigenvalue weighted by Gasteiger charge is -2.24. The van der Waals surface area contributed by atoms with Crippen LogP contribution in [-0.2, 0) is 16.0 Å². The Labute approximate surface area is 189 Å². The number of nitrogens with zero attached hydrogens (tertiary/aromatic N) is 2. The number of hydrogen-bond acceptors (Lipinski definition) is 5. The van der Waals surface area contributed by atoms with Crippen molar-refractivity contribution in [2.24, 2.45) is 5.92 Å². The molecule has 2 atom stereocenters. The van der Waals surface area contributed by atoms with E-state index >= 15 is 0 Å². The lowest BCUT2D eigenvalue weighted by atomic mass is 9.87. The molecule has 1 heterocycles. The van der Waals surface area contributed by atoms with Gasteiger partial charge in [0.1, 0.15) is 0 Å². The Balaban J connectivity index is 1.94. The molecule has 7 heteroatoms. The maximum Gasteiger partial charge on any atom is 0.227 e. The van der Waals surface area contributed by atoms with Crippen molar-refractivity contribution in [2.45, 2.75) is 19.3 Å². The molecule has 0 aliphatic carbocycles. The Hall–Kier alpha value is -3.22. The van der Waals surface area contributed by atoms with Gasteiger partial charge in [-0.05, 0) is 30.2 Å². The number of likely N-dealkylation sites (tertiary alicyclic amines) is 1. The van der Waals surface area contributed by atoms with Crippen LogP contribution >= 0.6 is 0 Å². The van der Waals surface area contributed by atoms with Crippen molar-refractivity contribution in [1.29, 1.82) is 0 Å². The van der Waals surface area contributed by atoms with Crippen LogP contribution in [0.3, 0.4) is 0 Å². The fraction of sp³-hybridized carbons (Fsp3) is 0.440. The van der Waals surface area contributed by atoms with E-state index in [2.05, 4.69) is 0 Å². The average Bonchev–Trinajstić information content (AvgIpc) is 3.28. The van der Waals surface area contributed by atoms with Crippen molar-refractivity contribution < 1.29 is 23.8 Å². The summed E-state index contributed by atoms with van der Waals surface area (Å²) < 4.78 is 16.5. The van der Waals surface area contributed by atoms with E-state index in [0.717, 1.165) is 11.1 Å². The fourth-order valence-corrected chi connectivity index (χ4v) is 4.23. The van der Waals surface area contributed by atoms with E-state index in [0.29, 0.717) is 43.3 Å². The third-order valence-electron chi connectivity index (χ3n) is 6.15. The van der Waals surface area contributed by atoms with Gasteiger partial charge in [-0.2, -0.15) is 0 Å². The van der Waals surface area contributed by atoms with Gasteiger partial charge in [-0.1, -0.05) is 30.3 Å². The highest BCUT2D eigenvalue weighted by atomic mass is 16.5. The predicted molar refractivity (Wildman–Crippen MR) is 122 cm³/mol. The summed E-state index contributed by atoms with van der Waals surface area (Å²) in [5.74, 6) is 1.09. The molecule has 2 amide bonds. The highest BCUT2D eigenvalue weighted by Gasteiger charge is 2.41. The zero-order valence-electron chi connectivity index (χ0n) is 19.5. The van der Waals surface area contributed by atoms with Crippen LogP contribution in [0.1, 0.15) is 24.0 Å². The van der Waals surface area contributed by atoms with Crippen LogP contribution in [-0.4, -0.2) is 69.6 Å². The van der Waals surface area contributed by atoms with Crippen molar-refractivity contribution in [3.05, 3.63) is 53.6 Å². The van der Waals surface area contributed by atoms with Gasteiger partial charge in [-0.15, -0.1) is 0 Å². The van der Waals surface area contributed by atoms with Crippen LogP contribution in [0.4, 0.5) is 0 Å². The minimum absolute atomic E-state index is 0.0168. The van der Waals surface area contributed by atoms with Gasteiger partial charge in [-0.25, -0.2) is 0 Å². The van der Waals surface area contributed by atoms with E-state index in [4.69, 9.17) is 14.2 Å². The van der Waals surface area contributed by atoms with Crippen LogP contribution in [0.2, 0.25) is 0 Å². The summed E-state index contributed by atoms with van der Waals surface area (Å²) in [6.45, 7) is 3.39. The minimum atomic E-state index is -0.345. The molecule has 1 aliphatic heterocycles. The number of carbonyl (C=O) groups excluding carboxylic acids is 2. The molecule has 172 valence electrons. The fourth-order valence-electron chi connectivity index (χ4n) is 4.23. The van der Waals surface area contributed by atoms with Gasteiger partial charge in [0, 0.05) is 32.6 Å². The average molecular weight is 441 g/mol. The summed E-state index contributed by atoms with van der Waals surface area (Å²) in [6, 6.07) is 13.4. The Kier molecular flexibility index (Phi) is 7.62. The van der Waals surface area contributed by atoms with Gasteiger partial charge in [0.05, 0.1) is 33.7 Å². The molecule has 7 nitrogen and oxygen atoms in total. The molecule has 0 bridgehead atoms. The van der Waals surface area contributed by atoms with E-state index in [9.17, 15) is 9.59 Å². The monoisotopic (exact) mass is 440 g/mol. The summed E-state index contributed by atoms with van der Waals surface area (Å²) in [5.41, 5.74) is 1.85. The lowest BCUT2D eigenvalue weighted by molar-refractivity contribution is -0.134. The van der Waals surface area contributed by atoms with Crippen molar-refractivity contribution in [2.75, 3.05) is 48.0 Å². The van der Waals surface area contributed by atoms with Crippen molar-refractivity contribution >= 4 is 11.8 Å². The molecule has 0 radical (unpaired) electrons. The van der Waals surface area contributed by atoms with Crippen molar-refractivity contribution in [1.82, 2.24) is 9.80 Å². The Morgan fingerprint density at radius 2 is 1.62 bits per heavy atom. The molecular formula is C25H32N2O5. The highest BCUT2D eigenvalue weighted by Crippen LogP contribution is 2.43. The second-order valence-corrected chi connectivity index (χ2v) is 7.99. The molecule has 2 unspecified atom stereocenters. The molecule has 0 aromatic heterocycles. The first kappa shape index (κ1) is 23.4. The quantitative estimate of drug-likeness (QED) is 0.631. The summed E-state index contributed by atoms with van der Waals surface area (Å²) in [6.07, 6.45) is 0.313. The topological polar surface area (TPSA) is 68.3 Å². The summed E-state index contributed by atoms with van der Waals surface area (Å²) in [7, 11) is 6.49. The third-order valence-corrected chi connectivity index (χ3v) is 6.15. The maximum absolute atomic E-state index is 13.2. The van der Waals surface area contributed by atoms with Crippen LogP contribution in [0, 0.1) is 5.92 Å². The normalized spacial score (nSPS) is 17.7. The largest absolute Gasteiger partial charge is 0.493 e. The zero-order valence-corrected chi connectivity index (χ0v) is 19.5. The number of benzene rings is 2. The van der Waals surface area contributed by atoms with Crippen molar-refractivity contribution in [3.63, 3.8) is 0 Å². The molecule has 0 saturated carbocycles. The molecule has 1 fully saturated rings. The Morgan fingerprint density at radius 1 is 1.00 bits per heavy atom. The smallest absolute Gasteiger partial charge is 0.227 e. The molecular weight excluding hydrogens is 408 g/mol. The number of amides is 2. The molecule has 2 aromatic carbocycles. The van der Waals surface area contributed by atoms with Gasteiger partial charge >= 0.3 is 0 Å². The summed E-state index contributed by atoms with van der Waals surface area (Å²) in [4.78, 5) is 29.8. The molecule has 1 saturated heterocycles. The number of carbonyl (C=O) groups is 2. The van der Waals surface area contributed by atoms with Crippen LogP contribution in [0.5, 0.6) is 17.2 Å². The highest BCUT2D eigenvalue weighted by molar-refractivity contribution is 5.84. The van der Waals surface area contributed by atoms with Gasteiger partial charge < -0.3 is 24.0 Å². The first-order valence-electron chi connectivity index (χ1n) is 10.8. The second-order valence-electron chi connectivity index (χ2n) is 7.99. The van der Waals surface area contributed by atoms with E-state index < -0.39 is 0 Å². The van der Waals surface area contributed by atoms with E-state index in [1.165, 1.54) is 0 Å². The van der Waals surface area contributed by atoms with Crippen molar-refractivity contribution in [3.8, 4) is 17.2 Å². The van der Waals surface area contributed by atoms with Gasteiger partial charge in [0.25, 0.3) is 0 Å². The first-order valence-corrected chi connectivity index (χ1v) is 10.8. The number of rotatable bonds is 8. The zero-order chi connectivity index (χ0) is 23.3. The van der Waals surface area contributed by atoms with Crippen LogP contribution in [0.15, 0.2) is 42.5 Å². The third kappa shape index (κ3) is 4.82. The van der Waals surface area contributed by atoms with Crippen LogP contribution < -0.4 is 14.2 Å². The van der Waals surface area contributed by atoms with Gasteiger partial charge in [0.15, 0.2) is 11.5 Å². The van der Waals surface area contributed by atoms with Gasteiger partial charge in [-0.3, -0.25) is 9.59 Å². The minimum Gasteiger partial charge on any atom is -0.493 e. The van der Waals surface area contributed by atoms with E-state index in [1.54, 1.807) is 38.2 Å². The van der Waals surface area contributed by atoms with Gasteiger partial charge in [0.2, 0.25) is 17.6 Å². The molecule has 32 heavy (non-hydrogen) atoms. The lowest BCUT2D eigenvalue weighted by Crippen LogP contribution is -2.37. The van der Waals surface area contributed by atoms with E-state index in [-0.39, 0.29) is 23.7 Å².